The van der Waals surface area contributed by atoms with Crippen molar-refractivity contribution in [3.63, 3.8) is 0 Å². The lowest BCUT2D eigenvalue weighted by Crippen LogP contribution is -2.64. The molecular weight excluding hydrogens is 848 g/mol. The summed E-state index contributed by atoms with van der Waals surface area (Å²) in [6.07, 6.45) is -18.1. The standard InChI is InChI=1S/C40H44O23/c1-4-20-37(56-14-21-36(52)54-12-11-40(20,21)53)63-39-33(62-34(50)18-7-5-9-22(44)26(18)45)32(57-17(3)43)31(25(60-39)15-55-16(2)42)61-35(51)19-8-6-10-23(27(19)46)58-38-30(49)29(48)28(47)24(13-41)59-38/h4-10,14,20,24-25,28-33,37-39,41,44-49,53H,1,11-13,15H2,2-3H3/t20-,24+,25?,28+,29+,30+,31?,32?,33?,37?,38+,39?,40+/m0/s1. The van der Waals surface area contributed by atoms with Crippen molar-refractivity contribution in [2.24, 2.45) is 5.92 Å². The van der Waals surface area contributed by atoms with Crippen LogP contribution in [0.4, 0.5) is 0 Å². The summed E-state index contributed by atoms with van der Waals surface area (Å²) < 4.78 is 56.1. The highest BCUT2D eigenvalue weighted by atomic mass is 16.8. The molecule has 6 rings (SSSR count). The van der Waals surface area contributed by atoms with Gasteiger partial charge in [-0.2, -0.15) is 0 Å². The number of ether oxygens (including phenoxy) is 10. The normalized spacial score (nSPS) is 32.6. The van der Waals surface area contributed by atoms with Crippen molar-refractivity contribution in [2.45, 2.75) is 93.6 Å². The summed E-state index contributed by atoms with van der Waals surface area (Å²) in [6.45, 7) is 3.89. The van der Waals surface area contributed by atoms with Crippen LogP contribution in [0.15, 0.2) is 60.9 Å². The van der Waals surface area contributed by atoms with Crippen molar-refractivity contribution in [1.29, 1.82) is 0 Å². The summed E-state index contributed by atoms with van der Waals surface area (Å²) in [5, 5.41) is 84.0. The van der Waals surface area contributed by atoms with Gasteiger partial charge in [-0.3, -0.25) is 9.59 Å². The van der Waals surface area contributed by atoms with Crippen LogP contribution in [0.5, 0.6) is 23.0 Å². The van der Waals surface area contributed by atoms with Crippen LogP contribution in [0.3, 0.4) is 0 Å². The molecule has 3 fully saturated rings. The molecule has 0 aromatic heterocycles. The lowest BCUT2D eigenvalue weighted by Gasteiger charge is -2.48. The summed E-state index contributed by atoms with van der Waals surface area (Å²) in [7, 11) is 0. The van der Waals surface area contributed by atoms with Crippen LogP contribution in [0, 0.1) is 5.92 Å². The Morgan fingerprint density at radius 1 is 0.810 bits per heavy atom. The van der Waals surface area contributed by atoms with E-state index in [1.807, 2.05) is 0 Å². The van der Waals surface area contributed by atoms with Gasteiger partial charge in [0.1, 0.15) is 59.4 Å². The highest BCUT2D eigenvalue weighted by molar-refractivity contribution is 5.94. The van der Waals surface area contributed by atoms with Crippen LogP contribution in [0.1, 0.15) is 41.0 Å². The quantitative estimate of drug-likeness (QED) is 0.0501. The number of fused-ring (bicyclic) bond motifs is 1. The number of phenols is 3. The molecule has 6 unspecified atom stereocenters. The topological polar surface area (TPSA) is 339 Å². The van der Waals surface area contributed by atoms with Crippen molar-refractivity contribution in [3.8, 4) is 23.0 Å². The first kappa shape index (κ1) is 46.5. The number of aliphatic hydroxyl groups is 5. The van der Waals surface area contributed by atoms with Crippen LogP contribution >= 0.6 is 0 Å². The van der Waals surface area contributed by atoms with Crippen molar-refractivity contribution < 1.29 is 112 Å². The number of esters is 5. The molecule has 0 radical (unpaired) electrons. The molecule has 4 aliphatic rings. The average molecular weight is 893 g/mol. The number of carbonyl (C=O) groups excluding carboxylic acids is 5. The molecular formula is C40H44O23. The first-order valence-electron chi connectivity index (χ1n) is 19.1. The van der Waals surface area contributed by atoms with Gasteiger partial charge in [-0.1, -0.05) is 18.2 Å². The molecule has 63 heavy (non-hydrogen) atoms. The van der Waals surface area contributed by atoms with Crippen molar-refractivity contribution in [1.82, 2.24) is 0 Å². The number of cyclic esters (lactones) is 1. The largest absolute Gasteiger partial charge is 0.504 e. The lowest BCUT2D eigenvalue weighted by molar-refractivity contribution is -0.343. The Balaban J connectivity index is 1.38. The summed E-state index contributed by atoms with van der Waals surface area (Å²) >= 11 is 0. The zero-order valence-electron chi connectivity index (χ0n) is 33.3. The van der Waals surface area contributed by atoms with E-state index in [4.69, 9.17) is 47.4 Å². The first-order valence-corrected chi connectivity index (χ1v) is 19.1. The fourth-order valence-electron chi connectivity index (χ4n) is 7.24. The second kappa shape index (κ2) is 19.1. The third-order valence-electron chi connectivity index (χ3n) is 10.5. The first-order chi connectivity index (χ1) is 29.9. The molecule has 23 nitrogen and oxygen atoms in total. The van der Waals surface area contributed by atoms with E-state index in [0.717, 1.165) is 44.4 Å². The molecule has 23 heteroatoms. The maximum atomic E-state index is 14.0. The molecule has 13 atom stereocenters. The van der Waals surface area contributed by atoms with Gasteiger partial charge in [0.2, 0.25) is 18.9 Å². The van der Waals surface area contributed by atoms with Crippen LogP contribution in [-0.4, -0.2) is 164 Å². The van der Waals surface area contributed by atoms with Gasteiger partial charge >= 0.3 is 29.8 Å². The minimum Gasteiger partial charge on any atom is -0.504 e. The summed E-state index contributed by atoms with van der Waals surface area (Å²) in [6, 6.07) is 6.64. The fourth-order valence-corrected chi connectivity index (χ4v) is 7.24. The van der Waals surface area contributed by atoms with Gasteiger partial charge in [0.05, 0.1) is 25.4 Å². The Hall–Kier alpha value is -6.05. The number of hydrogen-bond acceptors (Lipinski definition) is 23. The number of para-hydroxylation sites is 2. The molecule has 0 amide bonds. The number of hydrogen-bond donors (Lipinski definition) is 8. The Labute approximate surface area is 356 Å². The van der Waals surface area contributed by atoms with E-state index in [0.29, 0.717) is 0 Å². The molecule has 2 aromatic rings. The lowest BCUT2D eigenvalue weighted by atomic mass is 9.76. The van der Waals surface area contributed by atoms with E-state index < -0.39 is 156 Å². The number of phenolic OH excluding ortho intramolecular Hbond substituents is 3. The van der Waals surface area contributed by atoms with E-state index in [2.05, 4.69) is 6.58 Å². The van der Waals surface area contributed by atoms with E-state index >= 15 is 0 Å². The number of carbonyl (C=O) groups is 5. The molecule has 0 saturated carbocycles. The second-order valence-corrected chi connectivity index (χ2v) is 14.5. The minimum absolute atomic E-state index is 0.143. The minimum atomic E-state index is -2.05. The third kappa shape index (κ3) is 9.50. The fraction of sp³-hybridized carbons (Fsp3) is 0.475. The van der Waals surface area contributed by atoms with Crippen LogP contribution in [0.2, 0.25) is 0 Å². The predicted molar refractivity (Wildman–Crippen MR) is 200 cm³/mol. The predicted octanol–water partition coefficient (Wildman–Crippen LogP) is -1.31. The van der Waals surface area contributed by atoms with Gasteiger partial charge in [-0.05, 0) is 24.3 Å². The van der Waals surface area contributed by atoms with E-state index in [1.54, 1.807) is 0 Å². The van der Waals surface area contributed by atoms with Crippen LogP contribution in [0.25, 0.3) is 0 Å². The Morgan fingerprint density at radius 2 is 1.46 bits per heavy atom. The summed E-state index contributed by atoms with van der Waals surface area (Å²) in [4.78, 5) is 65.3. The Bertz CT molecular complexity index is 2100. The van der Waals surface area contributed by atoms with Crippen LogP contribution < -0.4 is 4.74 Å². The summed E-state index contributed by atoms with van der Waals surface area (Å²) in [5.74, 6) is -10.0. The van der Waals surface area contributed by atoms with Crippen molar-refractivity contribution in [2.75, 3.05) is 19.8 Å². The molecule has 4 aliphatic heterocycles. The molecule has 4 heterocycles. The highest BCUT2D eigenvalue weighted by Crippen LogP contribution is 2.43. The molecule has 0 bridgehead atoms. The van der Waals surface area contributed by atoms with Crippen LogP contribution in [-0.2, 0) is 57.0 Å². The smallest absolute Gasteiger partial charge is 0.342 e. The van der Waals surface area contributed by atoms with Gasteiger partial charge in [0.15, 0.2) is 41.3 Å². The monoisotopic (exact) mass is 892 g/mol. The zero-order valence-corrected chi connectivity index (χ0v) is 33.3. The van der Waals surface area contributed by atoms with E-state index in [1.165, 1.54) is 18.2 Å². The van der Waals surface area contributed by atoms with Gasteiger partial charge in [-0.15, -0.1) is 6.58 Å². The van der Waals surface area contributed by atoms with Gasteiger partial charge in [0.25, 0.3) is 0 Å². The number of aromatic hydroxyl groups is 3. The Kier molecular flexibility index (Phi) is 14.1. The molecule has 8 N–H and O–H groups in total. The zero-order chi connectivity index (χ0) is 45.9. The number of aliphatic hydroxyl groups excluding tert-OH is 4. The number of rotatable bonds is 13. The van der Waals surface area contributed by atoms with Gasteiger partial charge in [-0.25, -0.2) is 14.4 Å². The van der Waals surface area contributed by atoms with Crippen molar-refractivity contribution >= 4 is 29.8 Å². The summed E-state index contributed by atoms with van der Waals surface area (Å²) in [5.41, 5.74) is -3.52. The highest BCUT2D eigenvalue weighted by Gasteiger charge is 2.58. The van der Waals surface area contributed by atoms with E-state index in [9.17, 15) is 64.8 Å². The molecule has 0 spiro atoms. The average Bonchev–Trinajstić information content (AvgIpc) is 3.23. The number of benzene rings is 2. The van der Waals surface area contributed by atoms with Gasteiger partial charge < -0.3 is 88.2 Å². The van der Waals surface area contributed by atoms with Crippen molar-refractivity contribution in [3.05, 3.63) is 72.0 Å². The third-order valence-corrected chi connectivity index (χ3v) is 10.5. The molecule has 3 saturated heterocycles. The van der Waals surface area contributed by atoms with E-state index in [-0.39, 0.29) is 18.6 Å². The maximum Gasteiger partial charge on any atom is 0.342 e. The molecule has 0 aliphatic carbocycles. The second-order valence-electron chi connectivity index (χ2n) is 14.5. The molecule has 342 valence electrons. The van der Waals surface area contributed by atoms with Gasteiger partial charge in [0, 0.05) is 20.3 Å². The SMILES string of the molecule is C=C[C@H]1C(OC2OC(COC(C)=O)C(OC(=O)c3cccc(O[C@@H]4O[C@H](CO)[C@@H](O)[C@@H](O)[C@H]4O)c3O)C(OC(C)=O)C2OC(=O)c2cccc(O)c2O)OC=C2C(=O)OCC[C@]21O. The Morgan fingerprint density at radius 3 is 2.11 bits per heavy atom. The maximum absolute atomic E-state index is 14.0. The molecule has 2 aromatic carbocycles.